The van der Waals surface area contributed by atoms with Gasteiger partial charge in [-0.2, -0.15) is 8.78 Å². The van der Waals surface area contributed by atoms with E-state index in [1.165, 1.54) is 30.2 Å². The van der Waals surface area contributed by atoms with Crippen molar-refractivity contribution in [1.29, 1.82) is 0 Å². The Balaban J connectivity index is 1.38. The van der Waals surface area contributed by atoms with Gasteiger partial charge >= 0.3 is 6.61 Å². The van der Waals surface area contributed by atoms with Crippen LogP contribution in [0.2, 0.25) is 5.02 Å². The van der Waals surface area contributed by atoms with Gasteiger partial charge in [-0.15, -0.1) is 5.10 Å². The third-order valence-electron chi connectivity index (χ3n) is 6.52. The lowest BCUT2D eigenvalue weighted by molar-refractivity contribution is -0.0531. The molecule has 0 unspecified atom stereocenters. The topological polar surface area (TPSA) is 102 Å². The van der Waals surface area contributed by atoms with Crippen LogP contribution in [-0.4, -0.2) is 62.2 Å². The van der Waals surface area contributed by atoms with Crippen molar-refractivity contribution in [3.8, 4) is 5.88 Å². The Morgan fingerprint density at radius 3 is 2.66 bits per heavy atom. The van der Waals surface area contributed by atoms with Crippen LogP contribution in [0.15, 0.2) is 60.9 Å². The maximum atomic E-state index is 13.5. The smallest absolute Gasteiger partial charge is 0.388 e. The summed E-state index contributed by atoms with van der Waals surface area (Å²) >= 11 is 6.37. The molecule has 0 saturated carbocycles. The molecule has 2 atom stereocenters. The quantitative estimate of drug-likeness (QED) is 0.396. The van der Waals surface area contributed by atoms with Gasteiger partial charge in [-0.05, 0) is 24.1 Å². The minimum atomic E-state index is -3.05. The number of amides is 2. The van der Waals surface area contributed by atoms with Gasteiger partial charge in [0, 0.05) is 56.1 Å². The first-order valence-corrected chi connectivity index (χ1v) is 12.2. The second kappa shape index (κ2) is 10.7. The van der Waals surface area contributed by atoms with E-state index in [0.29, 0.717) is 41.1 Å². The van der Waals surface area contributed by atoms with Gasteiger partial charge in [0.05, 0.1) is 10.5 Å². The number of ether oxygens (including phenoxy) is 1. The van der Waals surface area contributed by atoms with Gasteiger partial charge in [0.1, 0.15) is 11.2 Å². The van der Waals surface area contributed by atoms with Crippen LogP contribution in [0.5, 0.6) is 5.88 Å². The lowest BCUT2D eigenvalue weighted by Gasteiger charge is -2.39. The molecule has 5 rings (SSSR count). The number of alkyl halides is 2. The summed E-state index contributed by atoms with van der Waals surface area (Å²) in [5.41, 5.74) is 2.48. The van der Waals surface area contributed by atoms with Gasteiger partial charge in [0.15, 0.2) is 0 Å². The molecule has 0 spiro atoms. The fourth-order valence-corrected chi connectivity index (χ4v) is 4.99. The van der Waals surface area contributed by atoms with E-state index >= 15 is 0 Å². The number of piperidine rings is 1. The summed E-state index contributed by atoms with van der Waals surface area (Å²) in [7, 11) is 1.47. The standard InChI is InChI=1S/C26H23ClF2N6O3/c1-34-21(13-22(33-34)38-26(28)29)24(36)32-19-7-10-35(14-17(19)15-5-3-2-4-6-15)25(37)16-11-18(27)23-20(12-16)30-8-9-31-23/h2-6,8-9,11-13,17,19,26H,7,10,14H2,1H3,(H,32,36)/t17-,19-/m1/s1. The largest absolute Gasteiger partial charge is 0.415 e. The molecular formula is C26H23ClF2N6O3. The number of nitrogens with one attached hydrogen (secondary N) is 1. The third kappa shape index (κ3) is 5.28. The minimum absolute atomic E-state index is 0.0814. The Morgan fingerprint density at radius 1 is 1.13 bits per heavy atom. The fraction of sp³-hybridized carbons (Fsp3) is 0.269. The number of rotatable bonds is 6. The zero-order valence-corrected chi connectivity index (χ0v) is 21.0. The first kappa shape index (κ1) is 25.5. The summed E-state index contributed by atoms with van der Waals surface area (Å²) in [6.45, 7) is -2.32. The molecule has 1 aliphatic heterocycles. The molecule has 1 aliphatic rings. The van der Waals surface area contributed by atoms with Crippen molar-refractivity contribution >= 4 is 34.4 Å². The van der Waals surface area contributed by atoms with Crippen LogP contribution in [0.3, 0.4) is 0 Å². The summed E-state index contributed by atoms with van der Waals surface area (Å²) < 4.78 is 30.7. The van der Waals surface area contributed by atoms with Gasteiger partial charge < -0.3 is 15.0 Å². The van der Waals surface area contributed by atoms with E-state index in [4.69, 9.17) is 11.6 Å². The first-order valence-electron chi connectivity index (χ1n) is 11.8. The number of carbonyl (C=O) groups excluding carboxylic acids is 2. The van der Waals surface area contributed by atoms with Crippen LogP contribution < -0.4 is 10.1 Å². The molecule has 1 saturated heterocycles. The molecule has 3 heterocycles. The van der Waals surface area contributed by atoms with Crippen LogP contribution in [0.4, 0.5) is 8.78 Å². The summed E-state index contributed by atoms with van der Waals surface area (Å²) in [5.74, 6) is -1.25. The number of aryl methyl sites for hydroxylation is 1. The molecule has 2 aromatic carbocycles. The van der Waals surface area contributed by atoms with Crippen LogP contribution in [0, 0.1) is 0 Å². The number of aromatic nitrogens is 4. The molecule has 38 heavy (non-hydrogen) atoms. The van der Waals surface area contributed by atoms with Crippen LogP contribution in [0.1, 0.15) is 38.7 Å². The SMILES string of the molecule is Cn1nc(OC(F)F)cc1C(=O)N[C@@H]1CCN(C(=O)c2cc(Cl)c3nccnc3c2)C[C@@H]1c1ccccc1. The second-order valence-corrected chi connectivity index (χ2v) is 9.30. The summed E-state index contributed by atoms with van der Waals surface area (Å²) in [6.07, 6.45) is 3.55. The molecule has 2 amide bonds. The van der Waals surface area contributed by atoms with Crippen molar-refractivity contribution in [2.45, 2.75) is 25.0 Å². The number of nitrogens with zero attached hydrogens (tertiary/aromatic N) is 5. The van der Waals surface area contributed by atoms with Gasteiger partial charge in [-0.3, -0.25) is 24.2 Å². The van der Waals surface area contributed by atoms with Crippen molar-refractivity contribution in [2.24, 2.45) is 7.05 Å². The number of hydrogen-bond donors (Lipinski definition) is 1. The van der Waals surface area contributed by atoms with Crippen molar-refractivity contribution < 1.29 is 23.1 Å². The molecule has 0 aliphatic carbocycles. The molecule has 1 fully saturated rings. The average Bonchev–Trinajstić information content (AvgIpc) is 3.28. The second-order valence-electron chi connectivity index (χ2n) is 8.89. The van der Waals surface area contributed by atoms with Crippen molar-refractivity contribution in [3.63, 3.8) is 0 Å². The Bertz CT molecular complexity index is 1480. The van der Waals surface area contributed by atoms with E-state index in [-0.39, 0.29) is 29.4 Å². The average molecular weight is 541 g/mol. The fourth-order valence-electron chi connectivity index (χ4n) is 4.73. The normalized spacial score (nSPS) is 17.6. The van der Waals surface area contributed by atoms with Crippen molar-refractivity contribution in [2.75, 3.05) is 13.1 Å². The molecule has 0 bridgehead atoms. The molecular weight excluding hydrogens is 518 g/mol. The number of fused-ring (bicyclic) bond motifs is 1. The van der Waals surface area contributed by atoms with Crippen molar-refractivity contribution in [3.05, 3.63) is 82.8 Å². The first-order chi connectivity index (χ1) is 18.3. The molecule has 196 valence electrons. The molecule has 0 radical (unpaired) electrons. The molecule has 4 aromatic rings. The number of halogens is 3. The van der Waals surface area contributed by atoms with Gasteiger partial charge in [-0.25, -0.2) is 0 Å². The lowest BCUT2D eigenvalue weighted by Crippen LogP contribution is -2.51. The number of carbonyl (C=O) groups is 2. The zero-order valence-electron chi connectivity index (χ0n) is 20.2. The maximum Gasteiger partial charge on any atom is 0.388 e. The predicted molar refractivity (Wildman–Crippen MR) is 135 cm³/mol. The lowest BCUT2D eigenvalue weighted by atomic mass is 9.85. The van der Waals surface area contributed by atoms with Gasteiger partial charge in [0.25, 0.3) is 11.8 Å². The minimum Gasteiger partial charge on any atom is -0.415 e. The Hall–Kier alpha value is -4.12. The molecule has 1 N–H and O–H groups in total. The summed E-state index contributed by atoms with van der Waals surface area (Å²) in [5, 5.41) is 7.16. The van der Waals surface area contributed by atoms with Crippen LogP contribution in [-0.2, 0) is 7.05 Å². The zero-order chi connectivity index (χ0) is 26.8. The molecule has 12 heteroatoms. The van der Waals surface area contributed by atoms with E-state index in [9.17, 15) is 18.4 Å². The number of likely N-dealkylation sites (tertiary alicyclic amines) is 1. The summed E-state index contributed by atoms with van der Waals surface area (Å²) in [4.78, 5) is 36.8. The third-order valence-corrected chi connectivity index (χ3v) is 6.81. The van der Waals surface area contributed by atoms with E-state index < -0.39 is 12.5 Å². The van der Waals surface area contributed by atoms with Gasteiger partial charge in [-0.1, -0.05) is 41.9 Å². The maximum absolute atomic E-state index is 13.5. The monoisotopic (exact) mass is 540 g/mol. The van der Waals surface area contributed by atoms with E-state index in [2.05, 4.69) is 25.1 Å². The van der Waals surface area contributed by atoms with E-state index in [0.717, 1.165) is 5.56 Å². The highest BCUT2D eigenvalue weighted by molar-refractivity contribution is 6.35. The summed E-state index contributed by atoms with van der Waals surface area (Å²) in [6, 6.07) is 13.7. The highest BCUT2D eigenvalue weighted by Gasteiger charge is 2.34. The number of hydrogen-bond acceptors (Lipinski definition) is 6. The molecule has 9 nitrogen and oxygen atoms in total. The van der Waals surface area contributed by atoms with Gasteiger partial charge in [0.2, 0.25) is 5.88 Å². The van der Waals surface area contributed by atoms with Crippen LogP contribution in [0.25, 0.3) is 11.0 Å². The van der Waals surface area contributed by atoms with E-state index in [1.807, 2.05) is 30.3 Å². The van der Waals surface area contributed by atoms with Crippen LogP contribution >= 0.6 is 11.6 Å². The Kier molecular flexibility index (Phi) is 7.19. The highest BCUT2D eigenvalue weighted by atomic mass is 35.5. The van der Waals surface area contributed by atoms with E-state index in [1.54, 1.807) is 17.0 Å². The van der Waals surface area contributed by atoms with Crippen molar-refractivity contribution in [1.82, 2.24) is 30.0 Å². The predicted octanol–water partition coefficient (Wildman–Crippen LogP) is 4.05. The highest BCUT2D eigenvalue weighted by Crippen LogP contribution is 2.30. The Labute approximate surface area is 221 Å². The molecule has 2 aromatic heterocycles. The number of benzene rings is 2. The Morgan fingerprint density at radius 2 is 1.89 bits per heavy atom.